The second-order valence-corrected chi connectivity index (χ2v) is 9.85. The lowest BCUT2D eigenvalue weighted by molar-refractivity contribution is -0.123. The lowest BCUT2D eigenvalue weighted by Gasteiger charge is -2.13. The lowest BCUT2D eigenvalue weighted by atomic mass is 10.1. The minimum absolute atomic E-state index is 0.222. The van der Waals surface area contributed by atoms with Gasteiger partial charge in [-0.05, 0) is 58.4 Å². The zero-order valence-corrected chi connectivity index (χ0v) is 20.7. The second-order valence-electron chi connectivity index (χ2n) is 8.01. The van der Waals surface area contributed by atoms with Gasteiger partial charge in [0.25, 0.3) is 11.1 Å². The number of imide groups is 1. The summed E-state index contributed by atoms with van der Waals surface area (Å²) >= 11 is 13.2. The van der Waals surface area contributed by atoms with Gasteiger partial charge in [-0.15, -0.1) is 0 Å². The fraction of sp³-hybridized carbons (Fsp3) is 0.0714. The summed E-state index contributed by atoms with van der Waals surface area (Å²) in [6, 6.07) is 26.5. The van der Waals surface area contributed by atoms with E-state index in [1.807, 2.05) is 72.8 Å². The fourth-order valence-electron chi connectivity index (χ4n) is 3.82. The van der Waals surface area contributed by atoms with E-state index >= 15 is 0 Å². The predicted molar refractivity (Wildman–Crippen MR) is 143 cm³/mol. The summed E-state index contributed by atoms with van der Waals surface area (Å²) in [5.74, 6) is 0.267. The van der Waals surface area contributed by atoms with Crippen LogP contribution in [-0.2, 0) is 17.9 Å². The SMILES string of the molecule is O=C1S/C(=C\c2ccccc2OCc2ccc(Cl)cc2Cl)C(=O)N1Cc1ccc2ccccc2c1. The number of carbonyl (C=O) groups excluding carboxylic acids is 2. The minimum Gasteiger partial charge on any atom is -0.488 e. The predicted octanol–water partition coefficient (Wildman–Crippen LogP) is 7.96. The molecule has 1 aliphatic heterocycles. The van der Waals surface area contributed by atoms with Crippen LogP contribution in [0.5, 0.6) is 5.75 Å². The van der Waals surface area contributed by atoms with E-state index in [4.69, 9.17) is 27.9 Å². The Hall–Kier alpha value is -3.25. The maximum atomic E-state index is 13.1. The van der Waals surface area contributed by atoms with Crippen LogP contribution >= 0.6 is 35.0 Å². The molecule has 7 heteroatoms. The minimum atomic E-state index is -0.316. The zero-order valence-electron chi connectivity index (χ0n) is 18.4. The number of amides is 2. The molecular formula is C28H19Cl2NO3S. The van der Waals surface area contributed by atoms with Crippen LogP contribution in [0.4, 0.5) is 4.79 Å². The van der Waals surface area contributed by atoms with Gasteiger partial charge in [-0.2, -0.15) is 0 Å². The molecule has 1 saturated heterocycles. The first-order chi connectivity index (χ1) is 17.0. The highest BCUT2D eigenvalue weighted by Gasteiger charge is 2.35. The van der Waals surface area contributed by atoms with E-state index in [2.05, 4.69) is 0 Å². The molecule has 0 atom stereocenters. The molecule has 5 rings (SSSR count). The molecule has 1 aliphatic rings. The maximum Gasteiger partial charge on any atom is 0.293 e. The van der Waals surface area contributed by atoms with E-state index < -0.39 is 0 Å². The average Bonchev–Trinajstić information content (AvgIpc) is 3.11. The molecule has 35 heavy (non-hydrogen) atoms. The van der Waals surface area contributed by atoms with Crippen molar-refractivity contribution >= 4 is 63.0 Å². The van der Waals surface area contributed by atoms with Crippen LogP contribution in [0.25, 0.3) is 16.8 Å². The Balaban J connectivity index is 1.34. The number of rotatable bonds is 6. The van der Waals surface area contributed by atoms with Crippen LogP contribution in [0.3, 0.4) is 0 Å². The highest BCUT2D eigenvalue weighted by atomic mass is 35.5. The first-order valence-corrected chi connectivity index (χ1v) is 12.4. The van der Waals surface area contributed by atoms with E-state index in [-0.39, 0.29) is 24.3 Å². The molecule has 0 N–H and O–H groups in total. The Kier molecular flexibility index (Phi) is 6.82. The largest absolute Gasteiger partial charge is 0.488 e. The van der Waals surface area contributed by atoms with E-state index in [0.717, 1.165) is 33.7 Å². The quantitative estimate of drug-likeness (QED) is 0.242. The summed E-state index contributed by atoms with van der Waals surface area (Å²) in [5, 5.41) is 2.96. The van der Waals surface area contributed by atoms with Crippen molar-refractivity contribution in [3.63, 3.8) is 0 Å². The van der Waals surface area contributed by atoms with Crippen molar-refractivity contribution in [1.82, 2.24) is 4.90 Å². The van der Waals surface area contributed by atoms with E-state index in [1.165, 1.54) is 4.90 Å². The van der Waals surface area contributed by atoms with Crippen molar-refractivity contribution in [3.05, 3.63) is 117 Å². The van der Waals surface area contributed by atoms with E-state index in [0.29, 0.717) is 26.3 Å². The maximum absolute atomic E-state index is 13.1. The van der Waals surface area contributed by atoms with Crippen molar-refractivity contribution in [2.45, 2.75) is 13.2 Å². The number of ether oxygens (including phenoxy) is 1. The Morgan fingerprint density at radius 2 is 1.63 bits per heavy atom. The van der Waals surface area contributed by atoms with E-state index in [9.17, 15) is 9.59 Å². The van der Waals surface area contributed by atoms with Crippen molar-refractivity contribution in [2.24, 2.45) is 0 Å². The van der Waals surface area contributed by atoms with Crippen LogP contribution in [0.15, 0.2) is 89.8 Å². The third-order valence-corrected chi connectivity index (χ3v) is 7.13. The molecule has 1 heterocycles. The smallest absolute Gasteiger partial charge is 0.293 e. The monoisotopic (exact) mass is 519 g/mol. The van der Waals surface area contributed by atoms with Gasteiger partial charge in [0.15, 0.2) is 0 Å². The molecule has 0 spiro atoms. The van der Waals surface area contributed by atoms with Crippen LogP contribution in [0.2, 0.25) is 10.0 Å². The molecule has 4 aromatic rings. The molecule has 174 valence electrons. The first-order valence-electron chi connectivity index (χ1n) is 10.9. The number of fused-ring (bicyclic) bond motifs is 1. The molecule has 0 radical (unpaired) electrons. The summed E-state index contributed by atoms with van der Waals surface area (Å²) in [6.07, 6.45) is 1.70. The number of carbonyl (C=O) groups is 2. The normalized spacial score (nSPS) is 14.8. The standard InChI is InChI=1S/C28H19Cl2NO3S/c29-23-12-11-22(24(30)15-23)17-34-25-8-4-3-7-21(25)14-26-27(32)31(28(33)35-26)16-18-9-10-19-5-1-2-6-20(19)13-18/h1-15H,16-17H2/b26-14-. The topological polar surface area (TPSA) is 46.6 Å². The highest BCUT2D eigenvalue weighted by molar-refractivity contribution is 8.18. The first kappa shape index (κ1) is 23.5. The van der Waals surface area contributed by atoms with Gasteiger partial charge in [0.1, 0.15) is 12.4 Å². The summed E-state index contributed by atoms with van der Waals surface area (Å²) in [7, 11) is 0. The molecule has 1 fully saturated rings. The van der Waals surface area contributed by atoms with Crippen molar-refractivity contribution in [1.29, 1.82) is 0 Å². The van der Waals surface area contributed by atoms with Crippen LogP contribution < -0.4 is 4.74 Å². The summed E-state index contributed by atoms with van der Waals surface area (Å²) in [6.45, 7) is 0.463. The van der Waals surface area contributed by atoms with Crippen LogP contribution in [0.1, 0.15) is 16.7 Å². The van der Waals surface area contributed by atoms with Gasteiger partial charge in [0.2, 0.25) is 0 Å². The second kappa shape index (κ2) is 10.2. The molecule has 4 nitrogen and oxygen atoms in total. The number of nitrogens with zero attached hydrogens (tertiary/aromatic N) is 1. The number of hydrogen-bond acceptors (Lipinski definition) is 4. The van der Waals surface area contributed by atoms with Crippen LogP contribution in [0, 0.1) is 0 Å². The zero-order chi connectivity index (χ0) is 24.4. The van der Waals surface area contributed by atoms with Crippen LogP contribution in [-0.4, -0.2) is 16.0 Å². The molecule has 0 aromatic heterocycles. The van der Waals surface area contributed by atoms with Gasteiger partial charge in [0.05, 0.1) is 11.4 Å². The Bertz CT molecular complexity index is 1480. The molecular weight excluding hydrogens is 501 g/mol. The number of para-hydroxylation sites is 1. The van der Waals surface area contributed by atoms with Gasteiger partial charge in [-0.25, -0.2) is 0 Å². The van der Waals surface area contributed by atoms with E-state index in [1.54, 1.807) is 18.2 Å². The Morgan fingerprint density at radius 1 is 0.857 bits per heavy atom. The Labute approximate surface area is 217 Å². The van der Waals surface area contributed by atoms with Gasteiger partial charge in [0, 0.05) is 21.2 Å². The number of thioether (sulfide) groups is 1. The van der Waals surface area contributed by atoms with Crippen molar-refractivity contribution < 1.29 is 14.3 Å². The summed E-state index contributed by atoms with van der Waals surface area (Å²) < 4.78 is 5.99. The van der Waals surface area contributed by atoms with Gasteiger partial charge < -0.3 is 4.74 Å². The third-order valence-electron chi connectivity index (χ3n) is 5.63. The fourth-order valence-corrected chi connectivity index (χ4v) is 5.11. The number of halogens is 2. The summed E-state index contributed by atoms with van der Waals surface area (Å²) in [5.41, 5.74) is 2.39. The Morgan fingerprint density at radius 3 is 2.46 bits per heavy atom. The van der Waals surface area contributed by atoms with Crippen molar-refractivity contribution in [3.8, 4) is 5.75 Å². The van der Waals surface area contributed by atoms with Gasteiger partial charge in [-0.1, -0.05) is 83.9 Å². The molecule has 0 saturated carbocycles. The lowest BCUT2D eigenvalue weighted by Crippen LogP contribution is -2.27. The molecule has 0 bridgehead atoms. The molecule has 4 aromatic carbocycles. The number of hydrogen-bond donors (Lipinski definition) is 0. The molecule has 2 amide bonds. The average molecular weight is 520 g/mol. The van der Waals surface area contributed by atoms with Gasteiger partial charge >= 0.3 is 0 Å². The van der Waals surface area contributed by atoms with Gasteiger partial charge in [-0.3, -0.25) is 14.5 Å². The molecule has 0 unspecified atom stereocenters. The highest BCUT2D eigenvalue weighted by Crippen LogP contribution is 2.35. The third kappa shape index (κ3) is 5.22. The number of benzene rings is 4. The molecule has 0 aliphatic carbocycles. The van der Waals surface area contributed by atoms with Crippen molar-refractivity contribution in [2.75, 3.05) is 0 Å². The summed E-state index contributed by atoms with van der Waals surface area (Å²) in [4.78, 5) is 27.4.